The third kappa shape index (κ3) is 5.89. The highest BCUT2D eigenvalue weighted by atomic mass is 32.2. The monoisotopic (exact) mass is 425 g/mol. The molecule has 0 bridgehead atoms. The lowest BCUT2D eigenvalue weighted by molar-refractivity contribution is -0.794. The Hall–Kier alpha value is -2.74. The summed E-state index contributed by atoms with van der Waals surface area (Å²) in [6.45, 7) is 10.3. The van der Waals surface area contributed by atoms with Crippen LogP contribution in [-0.4, -0.2) is 33.3 Å². The normalized spacial score (nSPS) is 12.0. The number of aryl methyl sites for hydroxylation is 2. The van der Waals surface area contributed by atoms with Gasteiger partial charge in [-0.2, -0.15) is 24.1 Å². The molecule has 3 aromatic rings. The Morgan fingerprint density at radius 2 is 1.23 bits per heavy atom. The number of hydrogen-bond acceptors (Lipinski definition) is 6. The van der Waals surface area contributed by atoms with E-state index in [-0.39, 0.29) is 0 Å². The van der Waals surface area contributed by atoms with Gasteiger partial charge in [-0.1, -0.05) is 11.8 Å². The lowest BCUT2D eigenvalue weighted by atomic mass is 10.2. The average molecular weight is 426 g/mol. The molecule has 0 radical (unpaired) electrons. The first-order valence-corrected chi connectivity index (χ1v) is 11.5. The van der Waals surface area contributed by atoms with Crippen LogP contribution in [0.4, 0.5) is 11.9 Å². The number of hydrogen-bond donors (Lipinski definition) is 2. The molecule has 0 aromatic carbocycles. The molecule has 4 rings (SSSR count). The highest BCUT2D eigenvalue weighted by Gasteiger charge is 2.27. The van der Waals surface area contributed by atoms with Gasteiger partial charge in [0.1, 0.15) is 0 Å². The zero-order chi connectivity index (χ0) is 21.5. The van der Waals surface area contributed by atoms with Gasteiger partial charge in [-0.25, -0.2) is 0 Å². The standard InChI is InChI=1S/C12H12N2.C10H19N5S/c1-3-7-13-9-10-14-8-4-2-6-12(14)11(13)5-1;1-6(2)11-8-13-9(12-7(3)4)15-10(14-8)16-5/h1-8H,9-10H2;6-7H,1-5H3,(H2,11,12,13,14,15)/q+2;. The Balaban J connectivity index is 0.000000171. The van der Waals surface area contributed by atoms with Crippen LogP contribution in [0, 0.1) is 0 Å². The molecule has 3 aromatic heterocycles. The number of thioether (sulfide) groups is 1. The number of pyridine rings is 2. The number of aromatic nitrogens is 5. The summed E-state index contributed by atoms with van der Waals surface area (Å²) in [7, 11) is 0. The number of nitrogens with one attached hydrogen (secondary N) is 2. The van der Waals surface area contributed by atoms with E-state index >= 15 is 0 Å². The van der Waals surface area contributed by atoms with E-state index < -0.39 is 0 Å². The summed E-state index contributed by atoms with van der Waals surface area (Å²) in [5, 5.41) is 7.08. The van der Waals surface area contributed by atoms with Gasteiger partial charge in [0.2, 0.25) is 25.0 Å². The largest absolute Gasteiger partial charge is 0.352 e. The summed E-state index contributed by atoms with van der Waals surface area (Å²) in [5.74, 6) is 1.25. The zero-order valence-electron chi connectivity index (χ0n) is 18.3. The van der Waals surface area contributed by atoms with E-state index in [2.05, 4.69) is 111 Å². The van der Waals surface area contributed by atoms with E-state index in [9.17, 15) is 0 Å². The van der Waals surface area contributed by atoms with Crippen LogP contribution in [0.25, 0.3) is 11.4 Å². The maximum Gasteiger partial charge on any atom is 0.277 e. The molecular formula is C22H31N7S+2. The summed E-state index contributed by atoms with van der Waals surface area (Å²) in [5.41, 5.74) is 2.61. The maximum absolute atomic E-state index is 4.30. The van der Waals surface area contributed by atoms with Crippen LogP contribution in [0.5, 0.6) is 0 Å². The van der Waals surface area contributed by atoms with Crippen molar-refractivity contribution in [2.24, 2.45) is 0 Å². The molecule has 30 heavy (non-hydrogen) atoms. The molecule has 2 N–H and O–H groups in total. The Bertz CT molecular complexity index is 901. The van der Waals surface area contributed by atoms with Crippen molar-refractivity contribution in [3.63, 3.8) is 0 Å². The predicted molar refractivity (Wildman–Crippen MR) is 121 cm³/mol. The third-order valence-electron chi connectivity index (χ3n) is 4.36. The zero-order valence-corrected chi connectivity index (χ0v) is 19.1. The van der Waals surface area contributed by atoms with Crippen molar-refractivity contribution in [3.8, 4) is 11.4 Å². The minimum atomic E-state index is 0.309. The van der Waals surface area contributed by atoms with Crippen LogP contribution in [0.15, 0.2) is 53.9 Å². The second kappa shape index (κ2) is 10.3. The van der Waals surface area contributed by atoms with Crippen LogP contribution < -0.4 is 19.8 Å². The molecule has 0 aliphatic carbocycles. The first kappa shape index (κ1) is 22.0. The Labute approximate surface area is 183 Å². The van der Waals surface area contributed by atoms with Crippen LogP contribution >= 0.6 is 11.8 Å². The molecule has 0 amide bonds. The summed E-state index contributed by atoms with van der Waals surface area (Å²) < 4.78 is 4.60. The van der Waals surface area contributed by atoms with Gasteiger partial charge in [0.15, 0.2) is 17.6 Å². The molecule has 0 unspecified atom stereocenters. The quantitative estimate of drug-likeness (QED) is 0.483. The van der Waals surface area contributed by atoms with Gasteiger partial charge in [0.25, 0.3) is 11.4 Å². The first-order valence-electron chi connectivity index (χ1n) is 10.3. The van der Waals surface area contributed by atoms with E-state index in [4.69, 9.17) is 0 Å². The fourth-order valence-electron chi connectivity index (χ4n) is 3.12. The smallest absolute Gasteiger partial charge is 0.277 e. The molecule has 0 saturated carbocycles. The Morgan fingerprint density at radius 3 is 1.63 bits per heavy atom. The molecule has 7 nitrogen and oxygen atoms in total. The van der Waals surface area contributed by atoms with Gasteiger partial charge in [0.05, 0.1) is 0 Å². The molecule has 0 saturated heterocycles. The summed E-state index contributed by atoms with van der Waals surface area (Å²) >= 11 is 1.51. The van der Waals surface area contributed by atoms with Crippen molar-refractivity contribution < 1.29 is 9.13 Å². The number of fused-ring (bicyclic) bond motifs is 3. The van der Waals surface area contributed by atoms with Crippen molar-refractivity contribution in [1.29, 1.82) is 0 Å². The number of rotatable bonds is 5. The molecule has 4 heterocycles. The lowest BCUT2D eigenvalue weighted by Gasteiger charge is -2.12. The Morgan fingerprint density at radius 1 is 0.767 bits per heavy atom. The van der Waals surface area contributed by atoms with Crippen molar-refractivity contribution in [2.75, 3.05) is 16.9 Å². The van der Waals surface area contributed by atoms with Gasteiger partial charge in [-0.15, -0.1) is 0 Å². The molecule has 0 atom stereocenters. The van der Waals surface area contributed by atoms with E-state index in [0.717, 1.165) is 18.2 Å². The average Bonchev–Trinajstić information content (AvgIpc) is 2.73. The molecule has 0 fully saturated rings. The molecule has 8 heteroatoms. The van der Waals surface area contributed by atoms with Gasteiger partial charge in [-0.3, -0.25) is 0 Å². The number of anilines is 2. The first-order chi connectivity index (χ1) is 14.5. The minimum Gasteiger partial charge on any atom is -0.352 e. The predicted octanol–water partition coefficient (Wildman–Crippen LogP) is 3.18. The van der Waals surface area contributed by atoms with Crippen molar-refractivity contribution in [1.82, 2.24) is 15.0 Å². The van der Waals surface area contributed by atoms with Gasteiger partial charge < -0.3 is 10.6 Å². The molecule has 1 aliphatic rings. The van der Waals surface area contributed by atoms with Crippen molar-refractivity contribution in [2.45, 2.75) is 58.0 Å². The fraction of sp³-hybridized carbons (Fsp3) is 0.409. The maximum atomic E-state index is 4.30. The number of nitrogens with zero attached hydrogens (tertiary/aromatic N) is 5. The van der Waals surface area contributed by atoms with Crippen LogP contribution in [0.1, 0.15) is 27.7 Å². The van der Waals surface area contributed by atoms with Crippen LogP contribution in [0.3, 0.4) is 0 Å². The third-order valence-corrected chi connectivity index (χ3v) is 4.91. The van der Waals surface area contributed by atoms with E-state index in [1.807, 2.05) is 6.26 Å². The van der Waals surface area contributed by atoms with Gasteiger partial charge >= 0.3 is 0 Å². The topological polar surface area (TPSA) is 70.5 Å². The van der Waals surface area contributed by atoms with E-state index in [1.165, 1.54) is 23.1 Å². The second-order valence-electron chi connectivity index (χ2n) is 7.63. The summed E-state index contributed by atoms with van der Waals surface area (Å²) in [4.78, 5) is 12.9. The highest BCUT2D eigenvalue weighted by Crippen LogP contribution is 2.14. The molecule has 0 spiro atoms. The second-order valence-corrected chi connectivity index (χ2v) is 8.40. The minimum absolute atomic E-state index is 0.309. The van der Waals surface area contributed by atoms with Gasteiger partial charge in [-0.05, 0) is 46.1 Å². The molecule has 158 valence electrons. The molecular weight excluding hydrogens is 394 g/mol. The summed E-state index contributed by atoms with van der Waals surface area (Å²) in [6, 6.07) is 13.3. The van der Waals surface area contributed by atoms with Crippen molar-refractivity contribution in [3.05, 3.63) is 48.8 Å². The highest BCUT2D eigenvalue weighted by molar-refractivity contribution is 7.98. The van der Waals surface area contributed by atoms with Crippen LogP contribution in [0.2, 0.25) is 0 Å². The lowest BCUT2D eigenvalue weighted by Crippen LogP contribution is -2.52. The van der Waals surface area contributed by atoms with E-state index in [0.29, 0.717) is 24.0 Å². The molecule has 1 aliphatic heterocycles. The fourth-order valence-corrected chi connectivity index (χ4v) is 3.47. The van der Waals surface area contributed by atoms with Crippen molar-refractivity contribution >= 4 is 23.7 Å². The van der Waals surface area contributed by atoms with Crippen LogP contribution in [-0.2, 0) is 13.1 Å². The van der Waals surface area contributed by atoms with E-state index in [1.54, 1.807) is 0 Å². The van der Waals surface area contributed by atoms with Gasteiger partial charge in [0, 0.05) is 36.3 Å². The summed E-state index contributed by atoms with van der Waals surface area (Å²) in [6.07, 6.45) is 6.24. The Kier molecular flexibility index (Phi) is 7.57. The SMILES string of the molecule is CSc1nc(NC(C)C)nc(NC(C)C)n1.c1cc[n+]2c(c1)-c1cccc[n+]1CC2.